The first kappa shape index (κ1) is 21.3. The Labute approximate surface area is 136 Å². The Morgan fingerprint density at radius 3 is 2.39 bits per heavy atom. The highest BCUT2D eigenvalue weighted by molar-refractivity contribution is 7.91. The molecule has 0 aromatic rings. The number of aliphatic carboxylic acids is 1. The van der Waals surface area contributed by atoms with Gasteiger partial charge >= 0.3 is 12.1 Å². The number of carboxylic acids is 1. The van der Waals surface area contributed by atoms with Crippen molar-refractivity contribution in [2.45, 2.75) is 38.8 Å². The van der Waals surface area contributed by atoms with E-state index in [0.29, 0.717) is 0 Å². The zero-order valence-electron chi connectivity index (χ0n) is 13.6. The van der Waals surface area contributed by atoms with Gasteiger partial charge in [-0.25, -0.2) is 18.0 Å². The fraction of sp³-hybridized carbons (Fsp3) is 0.769. The summed E-state index contributed by atoms with van der Waals surface area (Å²) in [4.78, 5) is 22.7. The van der Waals surface area contributed by atoms with Gasteiger partial charge in [-0.15, -0.1) is 0 Å². The van der Waals surface area contributed by atoms with Gasteiger partial charge in [0.15, 0.2) is 9.84 Å². The Morgan fingerprint density at radius 2 is 1.91 bits per heavy atom. The van der Waals surface area contributed by atoms with Crippen molar-refractivity contribution in [3.8, 4) is 0 Å². The molecular weight excluding hydrogens is 326 g/mol. The summed E-state index contributed by atoms with van der Waals surface area (Å²) in [7, 11) is -3.45. The molecule has 9 nitrogen and oxygen atoms in total. The van der Waals surface area contributed by atoms with Gasteiger partial charge < -0.3 is 25.9 Å². The van der Waals surface area contributed by atoms with Gasteiger partial charge in [0, 0.05) is 19.3 Å². The summed E-state index contributed by atoms with van der Waals surface area (Å²) in [6.07, 6.45) is -0.0470. The van der Waals surface area contributed by atoms with Gasteiger partial charge in [-0.2, -0.15) is 0 Å². The SMILES string of the molecule is CC(C)(C)OC(=O)NC(CCS(=O)(=O)CCNCC=N)C(=O)O. The maximum atomic E-state index is 11.8. The molecule has 0 bridgehead atoms. The highest BCUT2D eigenvalue weighted by Gasteiger charge is 2.25. The Bertz CT molecular complexity index is 512. The number of ether oxygens (including phenoxy) is 1. The minimum Gasteiger partial charge on any atom is -0.480 e. The highest BCUT2D eigenvalue weighted by Crippen LogP contribution is 2.07. The van der Waals surface area contributed by atoms with Crippen LogP contribution in [0.1, 0.15) is 27.2 Å². The van der Waals surface area contributed by atoms with Gasteiger partial charge in [-0.3, -0.25) is 0 Å². The van der Waals surface area contributed by atoms with Crippen LogP contribution in [0.25, 0.3) is 0 Å². The minimum atomic E-state index is -3.45. The van der Waals surface area contributed by atoms with E-state index in [9.17, 15) is 18.0 Å². The quantitative estimate of drug-likeness (QED) is 0.320. The molecule has 134 valence electrons. The molecule has 1 atom stereocenters. The first-order valence-electron chi connectivity index (χ1n) is 7.09. The molecule has 0 fully saturated rings. The summed E-state index contributed by atoms with van der Waals surface area (Å²) in [6, 6.07) is -1.34. The van der Waals surface area contributed by atoms with Gasteiger partial charge in [0.25, 0.3) is 0 Å². The summed E-state index contributed by atoms with van der Waals surface area (Å²) >= 11 is 0. The predicted octanol–water partition coefficient (Wildman–Crippen LogP) is 0.00837. The van der Waals surface area contributed by atoms with Crippen molar-refractivity contribution in [2.75, 3.05) is 24.6 Å². The summed E-state index contributed by atoms with van der Waals surface area (Å²) in [6.45, 7) is 5.35. The van der Waals surface area contributed by atoms with Crippen molar-refractivity contribution >= 4 is 28.1 Å². The number of carboxylic acid groups (broad SMARTS) is 1. The third-order valence-electron chi connectivity index (χ3n) is 2.54. The highest BCUT2D eigenvalue weighted by atomic mass is 32.2. The Morgan fingerprint density at radius 1 is 1.30 bits per heavy atom. The molecule has 0 saturated heterocycles. The standard InChI is InChI=1S/C13H25N3O6S/c1-13(2,3)22-12(19)16-10(11(17)18)4-8-23(20,21)9-7-15-6-5-14/h5,10,14-15H,4,6-9H2,1-3H3,(H,16,19)(H,17,18). The summed E-state index contributed by atoms with van der Waals surface area (Å²) in [5.74, 6) is -1.86. The molecule has 0 saturated carbocycles. The van der Waals surface area contributed by atoms with Crippen LogP contribution < -0.4 is 10.6 Å². The molecule has 0 aliphatic rings. The maximum Gasteiger partial charge on any atom is 0.408 e. The van der Waals surface area contributed by atoms with Crippen LogP contribution in [0.4, 0.5) is 4.79 Å². The Kier molecular flexibility index (Phi) is 8.77. The Balaban J connectivity index is 4.45. The smallest absolute Gasteiger partial charge is 0.408 e. The number of alkyl carbamates (subject to hydrolysis) is 1. The van der Waals surface area contributed by atoms with Crippen molar-refractivity contribution in [1.82, 2.24) is 10.6 Å². The summed E-state index contributed by atoms with van der Waals surface area (Å²) in [5.41, 5.74) is -0.778. The van der Waals surface area contributed by atoms with Crippen LogP contribution >= 0.6 is 0 Å². The van der Waals surface area contributed by atoms with Crippen molar-refractivity contribution < 1.29 is 27.9 Å². The van der Waals surface area contributed by atoms with Gasteiger partial charge in [0.05, 0.1) is 11.5 Å². The lowest BCUT2D eigenvalue weighted by Gasteiger charge is -2.22. The molecule has 0 heterocycles. The van der Waals surface area contributed by atoms with Crippen LogP contribution in [0.15, 0.2) is 0 Å². The maximum absolute atomic E-state index is 11.8. The molecule has 0 rings (SSSR count). The van der Waals surface area contributed by atoms with E-state index in [-0.39, 0.29) is 31.0 Å². The number of carbonyl (C=O) groups is 2. The number of carbonyl (C=O) groups excluding carboxylic acids is 1. The van der Waals surface area contributed by atoms with Crippen molar-refractivity contribution in [3.63, 3.8) is 0 Å². The average molecular weight is 351 g/mol. The van der Waals surface area contributed by atoms with E-state index >= 15 is 0 Å². The van der Waals surface area contributed by atoms with E-state index in [4.69, 9.17) is 15.3 Å². The molecule has 1 amide bonds. The van der Waals surface area contributed by atoms with E-state index in [1.165, 1.54) is 0 Å². The summed E-state index contributed by atoms with van der Waals surface area (Å²) in [5, 5.41) is 20.7. The number of sulfone groups is 1. The van der Waals surface area contributed by atoms with E-state index in [2.05, 4.69) is 10.6 Å². The molecule has 0 spiro atoms. The molecule has 0 aromatic heterocycles. The van der Waals surface area contributed by atoms with Crippen LogP contribution in [0.3, 0.4) is 0 Å². The zero-order chi connectivity index (χ0) is 18.1. The molecular formula is C13H25N3O6S. The summed E-state index contributed by atoms with van der Waals surface area (Å²) < 4.78 is 28.6. The van der Waals surface area contributed by atoms with Crippen LogP contribution in [0.2, 0.25) is 0 Å². The first-order chi connectivity index (χ1) is 10.5. The van der Waals surface area contributed by atoms with E-state index in [0.717, 1.165) is 6.21 Å². The third-order valence-corrected chi connectivity index (χ3v) is 4.23. The fourth-order valence-corrected chi connectivity index (χ4v) is 2.76. The predicted molar refractivity (Wildman–Crippen MR) is 85.7 cm³/mol. The molecule has 0 aliphatic carbocycles. The first-order valence-corrected chi connectivity index (χ1v) is 8.91. The van der Waals surface area contributed by atoms with E-state index < -0.39 is 33.5 Å². The topological polar surface area (TPSA) is 146 Å². The Hall–Kier alpha value is -1.68. The van der Waals surface area contributed by atoms with E-state index in [1.807, 2.05) is 0 Å². The number of hydrogen-bond donors (Lipinski definition) is 4. The van der Waals surface area contributed by atoms with Crippen LogP contribution in [0.5, 0.6) is 0 Å². The van der Waals surface area contributed by atoms with Gasteiger partial charge in [-0.05, 0) is 27.2 Å². The van der Waals surface area contributed by atoms with Crippen molar-refractivity contribution in [2.24, 2.45) is 0 Å². The van der Waals surface area contributed by atoms with Crippen molar-refractivity contribution in [1.29, 1.82) is 5.41 Å². The van der Waals surface area contributed by atoms with Gasteiger partial charge in [0.2, 0.25) is 0 Å². The lowest BCUT2D eigenvalue weighted by Crippen LogP contribution is -2.44. The van der Waals surface area contributed by atoms with Crippen LogP contribution in [0, 0.1) is 5.41 Å². The van der Waals surface area contributed by atoms with E-state index in [1.54, 1.807) is 20.8 Å². The molecule has 1 unspecified atom stereocenters. The number of rotatable bonds is 10. The molecule has 23 heavy (non-hydrogen) atoms. The second-order valence-electron chi connectivity index (χ2n) is 5.89. The second kappa shape index (κ2) is 9.46. The lowest BCUT2D eigenvalue weighted by molar-refractivity contribution is -0.139. The average Bonchev–Trinajstić information content (AvgIpc) is 2.37. The molecule has 10 heteroatoms. The van der Waals surface area contributed by atoms with Crippen LogP contribution in [-0.2, 0) is 19.4 Å². The van der Waals surface area contributed by atoms with Crippen molar-refractivity contribution in [3.05, 3.63) is 0 Å². The van der Waals surface area contributed by atoms with Crippen LogP contribution in [-0.4, -0.2) is 68.0 Å². The molecule has 0 aromatic carbocycles. The third kappa shape index (κ3) is 11.5. The minimum absolute atomic E-state index is 0.167. The second-order valence-corrected chi connectivity index (χ2v) is 8.19. The largest absolute Gasteiger partial charge is 0.480 e. The van der Waals surface area contributed by atoms with Gasteiger partial charge in [0.1, 0.15) is 11.6 Å². The zero-order valence-corrected chi connectivity index (χ0v) is 14.4. The normalized spacial score (nSPS) is 13.2. The molecule has 0 aliphatic heterocycles. The monoisotopic (exact) mass is 351 g/mol. The number of hydrogen-bond acceptors (Lipinski definition) is 7. The lowest BCUT2D eigenvalue weighted by atomic mass is 10.2. The fourth-order valence-electron chi connectivity index (χ4n) is 1.51. The number of amides is 1. The van der Waals surface area contributed by atoms with Gasteiger partial charge in [-0.1, -0.05) is 0 Å². The number of nitrogens with one attached hydrogen (secondary N) is 3. The molecule has 4 N–H and O–H groups in total. The molecule has 0 radical (unpaired) electrons.